The Morgan fingerprint density at radius 3 is 2.61 bits per heavy atom. The van der Waals surface area contributed by atoms with Crippen molar-refractivity contribution in [2.75, 3.05) is 6.61 Å². The summed E-state index contributed by atoms with van der Waals surface area (Å²) < 4.78 is 0. The van der Waals surface area contributed by atoms with E-state index in [0.717, 1.165) is 26.4 Å². The Bertz CT molecular complexity index is 1510. The monoisotopic (exact) mass is 468 g/mol. The van der Waals surface area contributed by atoms with Crippen LogP contribution in [0.2, 0.25) is 0 Å². The zero-order valence-corrected chi connectivity index (χ0v) is 19.5. The third kappa shape index (κ3) is 3.88. The Morgan fingerprint density at radius 1 is 0.909 bits per heavy atom. The third-order valence-corrected chi connectivity index (χ3v) is 7.77. The second-order valence-electron chi connectivity index (χ2n) is 7.83. The summed E-state index contributed by atoms with van der Waals surface area (Å²) in [7, 11) is 0. The van der Waals surface area contributed by atoms with E-state index in [1.807, 2.05) is 18.2 Å². The molecule has 0 fully saturated rings. The largest absolute Gasteiger partial charge is 0.272 e. The summed E-state index contributed by atoms with van der Waals surface area (Å²) in [6.45, 7) is 2.60. The van der Waals surface area contributed by atoms with Crippen molar-refractivity contribution in [3.05, 3.63) is 94.2 Å². The molecule has 3 heterocycles. The van der Waals surface area contributed by atoms with E-state index in [-0.39, 0.29) is 6.04 Å². The Labute approximate surface area is 199 Å². The molecule has 2 aromatic heterocycles. The number of hydrogen-bond donors (Lipinski definition) is 1. The van der Waals surface area contributed by atoms with Crippen molar-refractivity contribution >= 4 is 50.6 Å². The fraction of sp³-hybridized carbons (Fsp3) is 0.115. The van der Waals surface area contributed by atoms with E-state index in [2.05, 4.69) is 83.3 Å². The third-order valence-electron chi connectivity index (χ3n) is 5.61. The highest BCUT2D eigenvalue weighted by molar-refractivity contribution is 7.99. The highest BCUT2D eigenvalue weighted by Gasteiger charge is 2.24. The van der Waals surface area contributed by atoms with Crippen molar-refractivity contribution in [2.45, 2.75) is 22.9 Å². The number of benzene rings is 3. The van der Waals surface area contributed by atoms with Crippen LogP contribution in [0.1, 0.15) is 21.4 Å². The van der Waals surface area contributed by atoms with Gasteiger partial charge in [-0.15, -0.1) is 21.5 Å². The molecule has 0 spiro atoms. The van der Waals surface area contributed by atoms with Crippen LogP contribution in [0.5, 0.6) is 0 Å². The van der Waals surface area contributed by atoms with Crippen LogP contribution < -0.4 is 5.48 Å². The number of hydroxylamine groups is 1. The molecule has 0 aliphatic carbocycles. The van der Waals surface area contributed by atoms with Crippen LogP contribution in [0.3, 0.4) is 0 Å². The number of nitrogens with zero attached hydrogens (tertiary/aromatic N) is 3. The zero-order chi connectivity index (χ0) is 22.2. The van der Waals surface area contributed by atoms with Crippen LogP contribution in [-0.4, -0.2) is 22.6 Å². The van der Waals surface area contributed by atoms with E-state index in [0.29, 0.717) is 12.4 Å². The molecule has 162 valence electrons. The molecule has 0 unspecified atom stereocenters. The first-order chi connectivity index (χ1) is 16.3. The molecule has 1 N–H and O–H groups in total. The number of nitrogens with one attached hydrogen (secondary N) is 1. The van der Waals surface area contributed by atoms with Crippen LogP contribution >= 0.6 is 23.1 Å². The van der Waals surface area contributed by atoms with Crippen LogP contribution in [-0.2, 0) is 4.84 Å². The number of aliphatic imine (C=N–C) groups is 1. The van der Waals surface area contributed by atoms with Gasteiger partial charge >= 0.3 is 0 Å². The number of aryl methyl sites for hydroxylation is 1. The van der Waals surface area contributed by atoms with Gasteiger partial charge in [0, 0.05) is 20.0 Å². The lowest BCUT2D eigenvalue weighted by Gasteiger charge is -2.23. The van der Waals surface area contributed by atoms with Gasteiger partial charge in [-0.3, -0.25) is 9.83 Å². The fourth-order valence-corrected chi connectivity index (χ4v) is 5.97. The van der Waals surface area contributed by atoms with Gasteiger partial charge in [0.25, 0.3) is 0 Å². The fourth-order valence-electron chi connectivity index (χ4n) is 4.03. The second-order valence-corrected chi connectivity index (χ2v) is 10.2. The van der Waals surface area contributed by atoms with E-state index in [4.69, 9.17) is 9.83 Å². The van der Waals surface area contributed by atoms with Crippen molar-refractivity contribution in [1.82, 2.24) is 15.7 Å². The molecule has 1 atom stereocenters. The summed E-state index contributed by atoms with van der Waals surface area (Å²) in [4.78, 5) is 14.5. The highest BCUT2D eigenvalue weighted by atomic mass is 32.2. The number of aromatic nitrogens is 2. The van der Waals surface area contributed by atoms with Gasteiger partial charge in [-0.1, -0.05) is 66.4 Å². The number of hydrogen-bond acceptors (Lipinski definition) is 7. The molecule has 0 radical (unpaired) electrons. The second kappa shape index (κ2) is 8.59. The van der Waals surface area contributed by atoms with Gasteiger partial charge in [-0.2, -0.15) is 0 Å². The quantitative estimate of drug-likeness (QED) is 0.334. The Balaban J connectivity index is 1.50. The molecule has 1 aliphatic rings. The van der Waals surface area contributed by atoms with Crippen molar-refractivity contribution in [2.24, 2.45) is 4.99 Å². The molecule has 1 aliphatic heterocycles. The summed E-state index contributed by atoms with van der Waals surface area (Å²) in [6, 6.07) is 27.0. The average Bonchev–Trinajstić information content (AvgIpc) is 3.30. The summed E-state index contributed by atoms with van der Waals surface area (Å²) in [5, 5.41) is 13.3. The summed E-state index contributed by atoms with van der Waals surface area (Å²) >= 11 is 3.36. The van der Waals surface area contributed by atoms with Gasteiger partial charge in [-0.05, 0) is 42.0 Å². The first-order valence-corrected chi connectivity index (χ1v) is 12.3. The van der Waals surface area contributed by atoms with Gasteiger partial charge < -0.3 is 0 Å². The van der Waals surface area contributed by atoms with E-state index in [1.165, 1.54) is 20.5 Å². The number of amidine groups is 1. The Kier molecular flexibility index (Phi) is 5.30. The molecule has 0 amide bonds. The normalized spacial score (nSPS) is 16.0. The molecule has 6 rings (SSSR count). The minimum absolute atomic E-state index is 0.0534. The van der Waals surface area contributed by atoms with Crippen LogP contribution in [0.4, 0.5) is 0 Å². The van der Waals surface area contributed by atoms with E-state index < -0.39 is 0 Å². The maximum absolute atomic E-state index is 5.81. The summed E-state index contributed by atoms with van der Waals surface area (Å²) in [5.74, 6) is 0.686. The lowest BCUT2D eigenvalue weighted by Crippen LogP contribution is -2.33. The van der Waals surface area contributed by atoms with Crippen LogP contribution in [0.25, 0.3) is 21.7 Å². The van der Waals surface area contributed by atoms with Crippen LogP contribution in [0.15, 0.2) is 93.8 Å². The van der Waals surface area contributed by atoms with Gasteiger partial charge in [-0.25, -0.2) is 5.48 Å². The maximum atomic E-state index is 5.81. The summed E-state index contributed by atoms with van der Waals surface area (Å²) in [5.41, 5.74) is 4.81. The average molecular weight is 469 g/mol. The molecule has 7 heteroatoms. The molecule has 0 bridgehead atoms. The molecule has 5 nitrogen and oxygen atoms in total. The molecular weight excluding hydrogens is 448 g/mol. The first-order valence-electron chi connectivity index (χ1n) is 10.7. The smallest absolute Gasteiger partial charge is 0.156 e. The van der Waals surface area contributed by atoms with Crippen molar-refractivity contribution in [3.8, 4) is 0 Å². The lowest BCUT2D eigenvalue weighted by molar-refractivity contribution is 0.0628. The van der Waals surface area contributed by atoms with Crippen molar-refractivity contribution in [3.63, 3.8) is 0 Å². The van der Waals surface area contributed by atoms with E-state index in [1.54, 1.807) is 23.1 Å². The summed E-state index contributed by atoms with van der Waals surface area (Å²) in [6.07, 6.45) is 0. The minimum Gasteiger partial charge on any atom is -0.272 e. The van der Waals surface area contributed by atoms with E-state index >= 15 is 0 Å². The Hall–Kier alpha value is -3.26. The molecular formula is C26H20N4OS2. The number of rotatable bonds is 4. The Morgan fingerprint density at radius 2 is 1.73 bits per heavy atom. The van der Waals surface area contributed by atoms with Gasteiger partial charge in [0.15, 0.2) is 5.84 Å². The zero-order valence-electron chi connectivity index (χ0n) is 17.9. The molecule has 3 aromatic carbocycles. The van der Waals surface area contributed by atoms with Gasteiger partial charge in [0.05, 0.1) is 11.1 Å². The lowest BCUT2D eigenvalue weighted by atomic mass is 10.1. The van der Waals surface area contributed by atoms with Gasteiger partial charge in [0.2, 0.25) is 0 Å². The molecule has 0 saturated heterocycles. The van der Waals surface area contributed by atoms with Crippen LogP contribution in [0, 0.1) is 6.92 Å². The number of fused-ring (bicyclic) bond motifs is 2. The molecule has 5 aromatic rings. The van der Waals surface area contributed by atoms with Crippen molar-refractivity contribution in [1.29, 1.82) is 0 Å². The van der Waals surface area contributed by atoms with E-state index in [9.17, 15) is 0 Å². The maximum Gasteiger partial charge on any atom is 0.156 e. The molecule has 0 saturated carbocycles. The first kappa shape index (κ1) is 20.4. The topological polar surface area (TPSA) is 59.4 Å². The number of thiophene rings is 1. The standard InChI is InChI=1S/C26H20N4OS2/c1-16-13-14-23(32-16)21-15-31-30-25(27-21)24-19-10-4-5-11-20(19)28-29-26(24)33-22-12-6-8-17-7-2-3-9-18(17)22/h2-14,21H,15H2,1H3,(H,27,30)/t21-/m0/s1. The SMILES string of the molecule is Cc1ccc([C@@H]2CONC(c3c(Sc4cccc5ccccc45)nnc4ccccc34)=N2)s1. The molecule has 33 heavy (non-hydrogen) atoms. The van der Waals surface area contributed by atoms with Crippen molar-refractivity contribution < 1.29 is 4.84 Å². The van der Waals surface area contributed by atoms with Gasteiger partial charge in [0.1, 0.15) is 17.7 Å². The minimum atomic E-state index is -0.0534. The predicted molar refractivity (Wildman–Crippen MR) is 135 cm³/mol. The highest BCUT2D eigenvalue weighted by Crippen LogP contribution is 2.37. The predicted octanol–water partition coefficient (Wildman–Crippen LogP) is 6.33.